The third-order valence-electron chi connectivity index (χ3n) is 3.67. The van der Waals surface area contributed by atoms with Crippen molar-refractivity contribution in [1.29, 1.82) is 0 Å². The highest BCUT2D eigenvalue weighted by atomic mass is 35.5. The molecule has 0 amide bonds. The molecule has 0 saturated carbocycles. The maximum atomic E-state index is 14.9. The summed E-state index contributed by atoms with van der Waals surface area (Å²) >= 11 is 6.25. The molecule has 1 atom stereocenters. The van der Waals surface area contributed by atoms with Crippen LogP contribution < -0.4 is 5.32 Å². The van der Waals surface area contributed by atoms with E-state index in [2.05, 4.69) is 10.4 Å². The molecule has 3 nitrogen and oxygen atoms in total. The van der Waals surface area contributed by atoms with E-state index in [1.165, 1.54) is 0 Å². The van der Waals surface area contributed by atoms with Gasteiger partial charge in [0.15, 0.2) is 0 Å². The van der Waals surface area contributed by atoms with E-state index in [1.807, 2.05) is 18.5 Å². The molecule has 2 heterocycles. The summed E-state index contributed by atoms with van der Waals surface area (Å²) in [4.78, 5) is 0. The zero-order chi connectivity index (χ0) is 13.2. The summed E-state index contributed by atoms with van der Waals surface area (Å²) in [6.07, 6.45) is 2.41. The Bertz CT molecular complexity index is 409. The van der Waals surface area contributed by atoms with Crippen LogP contribution >= 0.6 is 11.6 Å². The van der Waals surface area contributed by atoms with Crippen LogP contribution in [0, 0.1) is 6.92 Å². The van der Waals surface area contributed by atoms with Crippen molar-refractivity contribution in [3.05, 3.63) is 16.4 Å². The number of alkyl halides is 1. The molecule has 1 aromatic rings. The lowest BCUT2D eigenvalue weighted by Gasteiger charge is -2.23. The van der Waals surface area contributed by atoms with E-state index in [0.29, 0.717) is 24.3 Å². The smallest absolute Gasteiger partial charge is 0.117 e. The Hall–Kier alpha value is -0.610. The zero-order valence-corrected chi connectivity index (χ0v) is 11.9. The SMILES string of the molecule is CCn1nc(C)c(Cl)c1CC1(F)CCCNCC1. The second-order valence-electron chi connectivity index (χ2n) is 5.09. The van der Waals surface area contributed by atoms with Crippen LogP contribution in [0.4, 0.5) is 4.39 Å². The summed E-state index contributed by atoms with van der Waals surface area (Å²) in [5, 5.41) is 8.22. The molecule has 0 aromatic carbocycles. The number of rotatable bonds is 3. The normalized spacial score (nSPS) is 25.1. The van der Waals surface area contributed by atoms with Crippen LogP contribution in [0.5, 0.6) is 0 Å². The molecule has 1 saturated heterocycles. The van der Waals surface area contributed by atoms with Gasteiger partial charge >= 0.3 is 0 Å². The van der Waals surface area contributed by atoms with Crippen LogP contribution in [0.25, 0.3) is 0 Å². The quantitative estimate of drug-likeness (QED) is 0.918. The van der Waals surface area contributed by atoms with Crippen molar-refractivity contribution in [1.82, 2.24) is 15.1 Å². The number of nitrogens with one attached hydrogen (secondary N) is 1. The molecule has 0 bridgehead atoms. The minimum atomic E-state index is -1.15. The van der Waals surface area contributed by atoms with Gasteiger partial charge in [-0.3, -0.25) is 4.68 Å². The zero-order valence-electron chi connectivity index (χ0n) is 11.1. The molecule has 102 valence electrons. The van der Waals surface area contributed by atoms with Crippen molar-refractivity contribution in [3.8, 4) is 0 Å². The second kappa shape index (κ2) is 5.57. The van der Waals surface area contributed by atoms with Crippen LogP contribution in [0.2, 0.25) is 5.02 Å². The fraction of sp³-hybridized carbons (Fsp3) is 0.769. The molecule has 0 radical (unpaired) electrons. The van der Waals surface area contributed by atoms with Crippen molar-refractivity contribution in [3.63, 3.8) is 0 Å². The van der Waals surface area contributed by atoms with Gasteiger partial charge in [0.2, 0.25) is 0 Å². The first-order chi connectivity index (χ1) is 8.56. The van der Waals surface area contributed by atoms with Gasteiger partial charge in [0.05, 0.1) is 16.4 Å². The molecule has 0 spiro atoms. The monoisotopic (exact) mass is 273 g/mol. The van der Waals surface area contributed by atoms with Gasteiger partial charge in [0.1, 0.15) is 5.67 Å². The lowest BCUT2D eigenvalue weighted by atomic mass is 9.91. The topological polar surface area (TPSA) is 29.9 Å². The molecule has 5 heteroatoms. The van der Waals surface area contributed by atoms with Crippen molar-refractivity contribution < 1.29 is 4.39 Å². The Labute approximate surface area is 113 Å². The van der Waals surface area contributed by atoms with Gasteiger partial charge in [-0.25, -0.2) is 4.39 Å². The van der Waals surface area contributed by atoms with Gasteiger partial charge in [0.25, 0.3) is 0 Å². The fourth-order valence-corrected chi connectivity index (χ4v) is 2.81. The number of halogens is 2. The van der Waals surface area contributed by atoms with E-state index in [0.717, 1.165) is 37.4 Å². The van der Waals surface area contributed by atoms with Crippen LogP contribution in [-0.2, 0) is 13.0 Å². The van der Waals surface area contributed by atoms with Gasteiger partial charge in [-0.15, -0.1) is 0 Å². The van der Waals surface area contributed by atoms with Crippen molar-refractivity contribution in [2.75, 3.05) is 13.1 Å². The lowest BCUT2D eigenvalue weighted by Crippen LogP contribution is -2.29. The van der Waals surface area contributed by atoms with E-state index < -0.39 is 5.67 Å². The van der Waals surface area contributed by atoms with Crippen molar-refractivity contribution in [2.45, 2.75) is 51.7 Å². The lowest BCUT2D eigenvalue weighted by molar-refractivity contribution is 0.141. The molecule has 1 aliphatic rings. The van der Waals surface area contributed by atoms with E-state index in [9.17, 15) is 4.39 Å². The van der Waals surface area contributed by atoms with Crippen molar-refractivity contribution >= 4 is 11.6 Å². The summed E-state index contributed by atoms with van der Waals surface area (Å²) in [5.41, 5.74) is 0.497. The Morgan fingerprint density at radius 2 is 2.22 bits per heavy atom. The second-order valence-corrected chi connectivity index (χ2v) is 5.47. The molecule has 1 fully saturated rings. The maximum absolute atomic E-state index is 14.9. The first-order valence-corrected chi connectivity index (χ1v) is 7.05. The highest BCUT2D eigenvalue weighted by Crippen LogP contribution is 2.32. The van der Waals surface area contributed by atoms with Crippen molar-refractivity contribution in [2.24, 2.45) is 0 Å². The van der Waals surface area contributed by atoms with Gasteiger partial charge < -0.3 is 5.32 Å². The molecular formula is C13H21ClFN3. The molecule has 1 unspecified atom stereocenters. The first-order valence-electron chi connectivity index (χ1n) is 6.67. The van der Waals surface area contributed by atoms with Gasteiger partial charge in [-0.2, -0.15) is 5.10 Å². The molecule has 0 aliphatic carbocycles. The summed E-state index contributed by atoms with van der Waals surface area (Å²) in [7, 11) is 0. The predicted molar refractivity (Wildman–Crippen MR) is 71.9 cm³/mol. The minimum Gasteiger partial charge on any atom is -0.317 e. The Morgan fingerprint density at radius 1 is 1.44 bits per heavy atom. The summed E-state index contributed by atoms with van der Waals surface area (Å²) in [6.45, 7) is 6.26. The number of aromatic nitrogens is 2. The number of aryl methyl sites for hydroxylation is 2. The number of hydrogen-bond acceptors (Lipinski definition) is 2. The van der Waals surface area contributed by atoms with Crippen LogP contribution in [0.15, 0.2) is 0 Å². The molecule has 1 aromatic heterocycles. The highest BCUT2D eigenvalue weighted by Gasteiger charge is 2.33. The third-order valence-corrected chi connectivity index (χ3v) is 4.16. The third kappa shape index (κ3) is 2.86. The van der Waals surface area contributed by atoms with E-state index in [1.54, 1.807) is 0 Å². The van der Waals surface area contributed by atoms with E-state index >= 15 is 0 Å². The predicted octanol–water partition coefficient (Wildman–Crippen LogP) is 2.89. The fourth-order valence-electron chi connectivity index (χ4n) is 2.61. The number of hydrogen-bond donors (Lipinski definition) is 1. The van der Waals surface area contributed by atoms with Crippen LogP contribution in [0.1, 0.15) is 37.6 Å². The molecule has 1 N–H and O–H groups in total. The molecular weight excluding hydrogens is 253 g/mol. The standard InChI is InChI=1S/C13H21ClFN3/c1-3-18-11(12(14)10(2)17-18)9-13(15)5-4-7-16-8-6-13/h16H,3-9H2,1-2H3. The Morgan fingerprint density at radius 3 is 2.94 bits per heavy atom. The summed E-state index contributed by atoms with van der Waals surface area (Å²) in [6, 6.07) is 0. The first kappa shape index (κ1) is 13.8. The summed E-state index contributed by atoms with van der Waals surface area (Å²) < 4.78 is 16.7. The molecule has 1 aliphatic heterocycles. The van der Waals surface area contributed by atoms with Crippen LogP contribution in [-0.4, -0.2) is 28.5 Å². The van der Waals surface area contributed by atoms with Gasteiger partial charge in [0, 0.05) is 13.0 Å². The average molecular weight is 274 g/mol. The minimum absolute atomic E-state index is 0.377. The summed E-state index contributed by atoms with van der Waals surface area (Å²) in [5.74, 6) is 0. The Kier molecular flexibility index (Phi) is 4.28. The Balaban J connectivity index is 2.21. The van der Waals surface area contributed by atoms with Gasteiger partial charge in [-0.05, 0) is 46.2 Å². The highest BCUT2D eigenvalue weighted by molar-refractivity contribution is 6.31. The molecule has 18 heavy (non-hydrogen) atoms. The maximum Gasteiger partial charge on any atom is 0.117 e. The average Bonchev–Trinajstić information content (AvgIpc) is 2.54. The molecule has 2 rings (SSSR count). The largest absolute Gasteiger partial charge is 0.317 e. The number of nitrogens with zero attached hydrogens (tertiary/aromatic N) is 2. The van der Waals surface area contributed by atoms with E-state index in [-0.39, 0.29) is 0 Å². The van der Waals surface area contributed by atoms with Crippen LogP contribution in [0.3, 0.4) is 0 Å². The van der Waals surface area contributed by atoms with Gasteiger partial charge in [-0.1, -0.05) is 11.6 Å². The van der Waals surface area contributed by atoms with E-state index in [4.69, 9.17) is 11.6 Å².